The van der Waals surface area contributed by atoms with Gasteiger partial charge in [0.1, 0.15) is 6.04 Å². The van der Waals surface area contributed by atoms with E-state index in [1.807, 2.05) is 0 Å². The van der Waals surface area contributed by atoms with E-state index in [1.54, 1.807) is 7.05 Å². The molecule has 0 saturated carbocycles. The largest absolute Gasteiger partial charge is 0.405 e. The van der Waals surface area contributed by atoms with Gasteiger partial charge in [0.05, 0.1) is 0 Å². The number of hydrazine groups is 1. The Kier molecular flexibility index (Phi) is 1.87. The van der Waals surface area contributed by atoms with E-state index >= 15 is 0 Å². The molecular weight excluding hydrogens is 145 g/mol. The number of hydrogen-bond donors (Lipinski definition) is 1. The fourth-order valence-electron chi connectivity index (χ4n) is 0.955. The van der Waals surface area contributed by atoms with E-state index in [4.69, 9.17) is 0 Å². The normalized spacial score (nSPS) is 29.4. The van der Waals surface area contributed by atoms with Crippen molar-refractivity contribution in [2.45, 2.75) is 18.6 Å². The lowest BCUT2D eigenvalue weighted by atomic mass is 10.2. The summed E-state index contributed by atoms with van der Waals surface area (Å²) in [6.45, 7) is 0.462. The summed E-state index contributed by atoms with van der Waals surface area (Å²) in [7, 11) is 1.60. The molecule has 1 aliphatic rings. The highest BCUT2D eigenvalue weighted by Crippen LogP contribution is 2.25. The molecular formula is C5H9F3N2. The topological polar surface area (TPSA) is 15.3 Å². The van der Waals surface area contributed by atoms with Gasteiger partial charge in [0.25, 0.3) is 0 Å². The molecule has 0 bridgehead atoms. The van der Waals surface area contributed by atoms with Crippen molar-refractivity contribution in [1.29, 1.82) is 0 Å². The van der Waals surface area contributed by atoms with Crippen LogP contribution in [-0.2, 0) is 0 Å². The summed E-state index contributed by atoms with van der Waals surface area (Å²) in [6.07, 6.45) is -3.94. The number of rotatable bonds is 0. The third-order valence-corrected chi connectivity index (χ3v) is 1.52. The van der Waals surface area contributed by atoms with Gasteiger partial charge in [0, 0.05) is 13.6 Å². The first-order chi connectivity index (χ1) is 4.50. The van der Waals surface area contributed by atoms with Crippen LogP contribution in [0, 0.1) is 0 Å². The molecule has 10 heavy (non-hydrogen) atoms. The van der Waals surface area contributed by atoms with E-state index in [9.17, 15) is 13.2 Å². The molecule has 2 nitrogen and oxygen atoms in total. The SMILES string of the molecule is CN1CCC(C(F)(F)F)N1. The standard InChI is InChI=1S/C5H9F3N2/c1-10-3-2-4(9-10)5(6,7)8/h4,9H,2-3H2,1H3. The zero-order chi connectivity index (χ0) is 7.78. The molecule has 0 amide bonds. The number of alkyl halides is 3. The molecule has 1 atom stereocenters. The fourth-order valence-corrected chi connectivity index (χ4v) is 0.955. The average Bonchev–Trinajstić information content (AvgIpc) is 2.11. The lowest BCUT2D eigenvalue weighted by Gasteiger charge is -2.15. The highest BCUT2D eigenvalue weighted by atomic mass is 19.4. The van der Waals surface area contributed by atoms with Crippen LogP contribution in [-0.4, -0.2) is 30.8 Å². The van der Waals surface area contributed by atoms with E-state index in [1.165, 1.54) is 5.01 Å². The van der Waals surface area contributed by atoms with E-state index in [2.05, 4.69) is 5.43 Å². The number of halogens is 3. The summed E-state index contributed by atoms with van der Waals surface area (Å²) in [5.41, 5.74) is 2.30. The summed E-state index contributed by atoms with van der Waals surface area (Å²) in [5, 5.41) is 1.46. The van der Waals surface area contributed by atoms with E-state index < -0.39 is 12.2 Å². The Morgan fingerprint density at radius 3 is 2.30 bits per heavy atom. The monoisotopic (exact) mass is 154 g/mol. The molecule has 1 saturated heterocycles. The zero-order valence-corrected chi connectivity index (χ0v) is 5.57. The molecule has 1 N–H and O–H groups in total. The van der Waals surface area contributed by atoms with Gasteiger partial charge in [0.15, 0.2) is 0 Å². The van der Waals surface area contributed by atoms with Gasteiger partial charge in [-0.05, 0) is 6.42 Å². The second-order valence-electron chi connectivity index (χ2n) is 2.43. The molecule has 1 aliphatic heterocycles. The summed E-state index contributed by atoms with van der Waals surface area (Å²) >= 11 is 0. The molecule has 1 rings (SSSR count). The molecule has 0 radical (unpaired) electrons. The predicted molar refractivity (Wildman–Crippen MR) is 30.2 cm³/mol. The van der Waals surface area contributed by atoms with Gasteiger partial charge in [0.2, 0.25) is 0 Å². The maximum atomic E-state index is 11.8. The lowest BCUT2D eigenvalue weighted by Crippen LogP contribution is -2.41. The van der Waals surface area contributed by atoms with Crippen molar-refractivity contribution in [1.82, 2.24) is 10.4 Å². The summed E-state index contributed by atoms with van der Waals surface area (Å²) in [6, 6.07) is -1.34. The zero-order valence-electron chi connectivity index (χ0n) is 5.57. The van der Waals surface area contributed by atoms with Crippen molar-refractivity contribution in [3.05, 3.63) is 0 Å². The summed E-state index contributed by atoms with van der Waals surface area (Å²) in [5.74, 6) is 0. The van der Waals surface area contributed by atoms with Gasteiger partial charge in [-0.2, -0.15) is 13.2 Å². The van der Waals surface area contributed by atoms with Crippen LogP contribution in [0.4, 0.5) is 13.2 Å². The second-order valence-corrected chi connectivity index (χ2v) is 2.43. The Morgan fingerprint density at radius 1 is 1.50 bits per heavy atom. The quantitative estimate of drug-likeness (QED) is 0.554. The van der Waals surface area contributed by atoms with Gasteiger partial charge < -0.3 is 0 Å². The van der Waals surface area contributed by atoms with Crippen LogP contribution < -0.4 is 5.43 Å². The molecule has 1 fully saturated rings. The number of nitrogens with zero attached hydrogens (tertiary/aromatic N) is 1. The van der Waals surface area contributed by atoms with Crippen LogP contribution in [0.2, 0.25) is 0 Å². The Hall–Kier alpha value is -0.290. The first-order valence-electron chi connectivity index (χ1n) is 3.04. The average molecular weight is 154 g/mol. The minimum Gasteiger partial charge on any atom is -0.247 e. The molecule has 1 unspecified atom stereocenters. The fraction of sp³-hybridized carbons (Fsp3) is 1.00. The minimum atomic E-state index is -4.09. The van der Waals surface area contributed by atoms with Crippen LogP contribution >= 0.6 is 0 Å². The van der Waals surface area contributed by atoms with Gasteiger partial charge in [-0.25, -0.2) is 10.4 Å². The van der Waals surface area contributed by atoms with Crippen molar-refractivity contribution >= 4 is 0 Å². The van der Waals surface area contributed by atoms with Crippen LogP contribution in [0.25, 0.3) is 0 Å². The minimum absolute atomic E-state index is 0.153. The van der Waals surface area contributed by atoms with Gasteiger partial charge in [-0.1, -0.05) is 0 Å². The van der Waals surface area contributed by atoms with Crippen LogP contribution in [0.1, 0.15) is 6.42 Å². The van der Waals surface area contributed by atoms with Crippen LogP contribution in [0.5, 0.6) is 0 Å². The number of nitrogens with one attached hydrogen (secondary N) is 1. The number of hydrogen-bond acceptors (Lipinski definition) is 2. The van der Waals surface area contributed by atoms with E-state index in [-0.39, 0.29) is 6.42 Å². The van der Waals surface area contributed by atoms with E-state index in [0.717, 1.165) is 0 Å². The molecule has 0 aromatic rings. The highest BCUT2D eigenvalue weighted by Gasteiger charge is 2.42. The van der Waals surface area contributed by atoms with Gasteiger partial charge >= 0.3 is 6.18 Å². The Balaban J connectivity index is 2.45. The summed E-state index contributed by atoms with van der Waals surface area (Å²) in [4.78, 5) is 0. The summed E-state index contributed by atoms with van der Waals surface area (Å²) < 4.78 is 35.5. The Labute approximate surface area is 57.0 Å². The van der Waals surface area contributed by atoms with Crippen LogP contribution in [0.3, 0.4) is 0 Å². The Morgan fingerprint density at radius 2 is 2.10 bits per heavy atom. The van der Waals surface area contributed by atoms with Crippen molar-refractivity contribution in [3.63, 3.8) is 0 Å². The molecule has 60 valence electrons. The van der Waals surface area contributed by atoms with Crippen molar-refractivity contribution in [2.24, 2.45) is 0 Å². The third-order valence-electron chi connectivity index (χ3n) is 1.52. The van der Waals surface area contributed by atoms with Crippen LogP contribution in [0.15, 0.2) is 0 Å². The maximum Gasteiger partial charge on any atom is 0.405 e. The Bertz CT molecular complexity index is 123. The van der Waals surface area contributed by atoms with Crippen molar-refractivity contribution in [3.8, 4) is 0 Å². The van der Waals surface area contributed by atoms with Gasteiger partial charge in [-0.3, -0.25) is 0 Å². The van der Waals surface area contributed by atoms with Crippen molar-refractivity contribution < 1.29 is 13.2 Å². The third kappa shape index (κ3) is 1.60. The van der Waals surface area contributed by atoms with E-state index in [0.29, 0.717) is 6.54 Å². The van der Waals surface area contributed by atoms with Gasteiger partial charge in [-0.15, -0.1) is 0 Å². The smallest absolute Gasteiger partial charge is 0.247 e. The molecule has 1 heterocycles. The van der Waals surface area contributed by atoms with Crippen molar-refractivity contribution in [2.75, 3.05) is 13.6 Å². The molecule has 0 aromatic carbocycles. The first kappa shape index (κ1) is 7.81. The maximum absolute atomic E-state index is 11.8. The lowest BCUT2D eigenvalue weighted by molar-refractivity contribution is -0.156. The molecule has 5 heteroatoms. The first-order valence-corrected chi connectivity index (χ1v) is 3.04. The second kappa shape index (κ2) is 2.39. The highest BCUT2D eigenvalue weighted by molar-refractivity contribution is 4.79. The predicted octanol–water partition coefficient (Wildman–Crippen LogP) is 0.757. The molecule has 0 spiro atoms. The molecule has 0 aromatic heterocycles. The molecule has 0 aliphatic carbocycles.